The van der Waals surface area contributed by atoms with Crippen LogP contribution in [0.2, 0.25) is 0 Å². The second-order valence-electron chi connectivity index (χ2n) is 4.42. The van der Waals surface area contributed by atoms with Crippen LogP contribution in [0.15, 0.2) is 30.3 Å². The van der Waals surface area contributed by atoms with Gasteiger partial charge in [0.25, 0.3) is 0 Å². The lowest BCUT2D eigenvalue weighted by molar-refractivity contribution is -0.113. The Bertz CT molecular complexity index is 307. The molecule has 0 amide bonds. The van der Waals surface area contributed by atoms with Crippen molar-refractivity contribution in [3.63, 3.8) is 0 Å². The minimum atomic E-state index is -0.199. The van der Waals surface area contributed by atoms with Gasteiger partial charge in [-0.25, -0.2) is 0 Å². The lowest BCUT2D eigenvalue weighted by Gasteiger charge is -2.29. The normalized spacial score (nSPS) is 22.3. The molecule has 1 heterocycles. The molecule has 1 aliphatic rings. The van der Waals surface area contributed by atoms with E-state index >= 15 is 0 Å². The zero-order valence-corrected chi connectivity index (χ0v) is 10.0. The van der Waals surface area contributed by atoms with Crippen molar-refractivity contribution in [1.82, 2.24) is 0 Å². The Kier molecular flexibility index (Phi) is 4.98. The van der Waals surface area contributed by atoms with Crippen molar-refractivity contribution in [3.05, 3.63) is 35.9 Å². The first kappa shape index (κ1) is 12.6. The van der Waals surface area contributed by atoms with Crippen LogP contribution in [0.25, 0.3) is 0 Å². The highest BCUT2D eigenvalue weighted by atomic mass is 16.5. The van der Waals surface area contributed by atoms with Crippen molar-refractivity contribution in [3.8, 4) is 0 Å². The van der Waals surface area contributed by atoms with Crippen LogP contribution >= 0.6 is 0 Å². The average molecular weight is 236 g/mol. The SMILES string of the molecule is OCC(OCc1ccccc1)C1CCCCO1. The second kappa shape index (κ2) is 6.74. The molecule has 0 radical (unpaired) electrons. The van der Waals surface area contributed by atoms with Crippen LogP contribution in [0.5, 0.6) is 0 Å². The van der Waals surface area contributed by atoms with Gasteiger partial charge in [0.2, 0.25) is 0 Å². The van der Waals surface area contributed by atoms with E-state index in [1.807, 2.05) is 30.3 Å². The predicted octanol–water partition coefficient (Wildman–Crippen LogP) is 2.13. The van der Waals surface area contributed by atoms with Crippen molar-refractivity contribution in [2.75, 3.05) is 13.2 Å². The molecular weight excluding hydrogens is 216 g/mol. The molecule has 0 bridgehead atoms. The van der Waals surface area contributed by atoms with Crippen LogP contribution < -0.4 is 0 Å². The highest BCUT2D eigenvalue weighted by molar-refractivity contribution is 5.13. The first-order valence-corrected chi connectivity index (χ1v) is 6.28. The van der Waals surface area contributed by atoms with Gasteiger partial charge >= 0.3 is 0 Å². The standard InChI is InChI=1S/C14H20O3/c15-10-14(13-8-4-5-9-16-13)17-11-12-6-2-1-3-7-12/h1-3,6-7,13-15H,4-5,8-11H2. The number of hydrogen-bond donors (Lipinski definition) is 1. The maximum absolute atomic E-state index is 9.35. The number of benzene rings is 1. The van der Waals surface area contributed by atoms with Crippen LogP contribution in [-0.2, 0) is 16.1 Å². The summed E-state index contributed by atoms with van der Waals surface area (Å²) >= 11 is 0. The summed E-state index contributed by atoms with van der Waals surface area (Å²) in [4.78, 5) is 0. The molecule has 1 saturated heterocycles. The van der Waals surface area contributed by atoms with Gasteiger partial charge in [-0.15, -0.1) is 0 Å². The molecule has 1 fully saturated rings. The summed E-state index contributed by atoms with van der Waals surface area (Å²) in [6.45, 7) is 1.35. The van der Waals surface area contributed by atoms with Crippen LogP contribution in [0.1, 0.15) is 24.8 Å². The van der Waals surface area contributed by atoms with Crippen molar-refractivity contribution in [1.29, 1.82) is 0 Å². The van der Waals surface area contributed by atoms with Gasteiger partial charge in [-0.05, 0) is 24.8 Å². The van der Waals surface area contributed by atoms with Crippen LogP contribution in [0, 0.1) is 0 Å². The summed E-state index contributed by atoms with van der Waals surface area (Å²) in [7, 11) is 0. The van der Waals surface area contributed by atoms with Crippen molar-refractivity contribution >= 4 is 0 Å². The Balaban J connectivity index is 1.82. The number of hydrogen-bond acceptors (Lipinski definition) is 3. The quantitative estimate of drug-likeness (QED) is 0.851. The van der Waals surface area contributed by atoms with Gasteiger partial charge in [0.05, 0.1) is 19.3 Å². The first-order chi connectivity index (χ1) is 8.40. The van der Waals surface area contributed by atoms with E-state index in [1.165, 1.54) is 0 Å². The van der Waals surface area contributed by atoms with E-state index in [-0.39, 0.29) is 18.8 Å². The number of aliphatic hydroxyl groups is 1. The molecule has 3 nitrogen and oxygen atoms in total. The fourth-order valence-electron chi connectivity index (χ4n) is 2.11. The summed E-state index contributed by atoms with van der Waals surface area (Å²) in [5.74, 6) is 0. The molecule has 17 heavy (non-hydrogen) atoms. The molecule has 0 spiro atoms. The van der Waals surface area contributed by atoms with Crippen molar-refractivity contribution in [2.45, 2.75) is 38.1 Å². The molecule has 1 N–H and O–H groups in total. The fraction of sp³-hybridized carbons (Fsp3) is 0.571. The summed E-state index contributed by atoms with van der Waals surface area (Å²) in [6.07, 6.45) is 3.12. The van der Waals surface area contributed by atoms with E-state index in [4.69, 9.17) is 9.47 Å². The summed E-state index contributed by atoms with van der Waals surface area (Å²) in [5, 5.41) is 9.35. The van der Waals surface area contributed by atoms with Crippen LogP contribution in [0.4, 0.5) is 0 Å². The van der Waals surface area contributed by atoms with Crippen molar-refractivity contribution < 1.29 is 14.6 Å². The van der Waals surface area contributed by atoms with E-state index in [2.05, 4.69) is 0 Å². The Hall–Kier alpha value is -0.900. The molecule has 1 aliphatic heterocycles. The highest BCUT2D eigenvalue weighted by Crippen LogP contribution is 2.18. The summed E-state index contributed by atoms with van der Waals surface area (Å²) in [5.41, 5.74) is 1.13. The van der Waals surface area contributed by atoms with Gasteiger partial charge in [-0.1, -0.05) is 30.3 Å². The van der Waals surface area contributed by atoms with E-state index < -0.39 is 0 Å². The van der Waals surface area contributed by atoms with Gasteiger partial charge in [-0.2, -0.15) is 0 Å². The number of aliphatic hydroxyl groups excluding tert-OH is 1. The topological polar surface area (TPSA) is 38.7 Å². The molecule has 0 aliphatic carbocycles. The third-order valence-corrected chi connectivity index (χ3v) is 3.12. The van der Waals surface area contributed by atoms with Gasteiger partial charge in [0.1, 0.15) is 6.10 Å². The van der Waals surface area contributed by atoms with Crippen molar-refractivity contribution in [2.24, 2.45) is 0 Å². The lowest BCUT2D eigenvalue weighted by atomic mass is 10.0. The Labute approximate surface area is 102 Å². The van der Waals surface area contributed by atoms with E-state index in [1.54, 1.807) is 0 Å². The fourth-order valence-corrected chi connectivity index (χ4v) is 2.11. The third kappa shape index (κ3) is 3.80. The largest absolute Gasteiger partial charge is 0.394 e. The molecular formula is C14H20O3. The Morgan fingerprint density at radius 2 is 2.12 bits per heavy atom. The predicted molar refractivity (Wildman–Crippen MR) is 65.7 cm³/mol. The van der Waals surface area contributed by atoms with E-state index in [9.17, 15) is 5.11 Å². The van der Waals surface area contributed by atoms with Gasteiger partial charge in [0, 0.05) is 6.61 Å². The average Bonchev–Trinajstić information content (AvgIpc) is 2.42. The maximum Gasteiger partial charge on any atom is 0.107 e. The van der Waals surface area contributed by atoms with E-state index in [0.29, 0.717) is 6.61 Å². The zero-order chi connectivity index (χ0) is 11.9. The molecule has 3 heteroatoms. The van der Waals surface area contributed by atoms with Crippen LogP contribution in [-0.4, -0.2) is 30.5 Å². The summed E-state index contributed by atoms with van der Waals surface area (Å²) in [6, 6.07) is 10.0. The minimum absolute atomic E-state index is 0.0253. The molecule has 1 aromatic carbocycles. The van der Waals surface area contributed by atoms with Crippen LogP contribution in [0.3, 0.4) is 0 Å². The molecule has 2 unspecified atom stereocenters. The molecule has 94 valence electrons. The van der Waals surface area contributed by atoms with E-state index in [0.717, 1.165) is 31.4 Å². The molecule has 1 aromatic rings. The minimum Gasteiger partial charge on any atom is -0.394 e. The molecule has 0 saturated carbocycles. The number of rotatable bonds is 5. The Morgan fingerprint density at radius 1 is 1.29 bits per heavy atom. The first-order valence-electron chi connectivity index (χ1n) is 6.28. The molecule has 0 aromatic heterocycles. The zero-order valence-electron chi connectivity index (χ0n) is 10.0. The highest BCUT2D eigenvalue weighted by Gasteiger charge is 2.24. The van der Waals surface area contributed by atoms with Gasteiger partial charge < -0.3 is 14.6 Å². The molecule has 2 atom stereocenters. The monoisotopic (exact) mass is 236 g/mol. The van der Waals surface area contributed by atoms with Gasteiger partial charge in [0.15, 0.2) is 0 Å². The third-order valence-electron chi connectivity index (χ3n) is 3.12. The Morgan fingerprint density at radius 3 is 2.76 bits per heavy atom. The number of ether oxygens (including phenoxy) is 2. The lowest BCUT2D eigenvalue weighted by Crippen LogP contribution is -2.36. The molecule has 2 rings (SSSR count). The second-order valence-corrected chi connectivity index (χ2v) is 4.42. The summed E-state index contributed by atoms with van der Waals surface area (Å²) < 4.78 is 11.4. The smallest absolute Gasteiger partial charge is 0.107 e. The van der Waals surface area contributed by atoms with Gasteiger partial charge in [-0.3, -0.25) is 0 Å². The maximum atomic E-state index is 9.35.